The summed E-state index contributed by atoms with van der Waals surface area (Å²) in [5.41, 5.74) is 37.5. The molecule has 20 aromatic rings. The Morgan fingerprint density at radius 1 is 0.309 bits per heavy atom. The Kier molecular flexibility index (Phi) is 34.5. The second kappa shape index (κ2) is 48.3. The normalized spacial score (nSPS) is 10.2. The van der Waals surface area contributed by atoms with Crippen LogP contribution in [0, 0.1) is 0 Å². The number of amides is 3. The van der Waals surface area contributed by atoms with Gasteiger partial charge in [0.2, 0.25) is 0 Å². The summed E-state index contributed by atoms with van der Waals surface area (Å²) < 4.78 is 0. The fourth-order valence-electron chi connectivity index (χ4n) is 13.6. The molecule has 0 saturated carbocycles. The minimum Gasteiger partial charge on any atom is -0.506 e. The number of aromatic nitrogens is 8. The molecule has 0 radical (unpaired) electrons. The van der Waals surface area contributed by atoms with Crippen LogP contribution in [0.1, 0.15) is 95.5 Å². The third kappa shape index (κ3) is 26.9. The molecule has 3 amide bonds. The van der Waals surface area contributed by atoms with Gasteiger partial charge < -0.3 is 63.3 Å². The van der Waals surface area contributed by atoms with Crippen LogP contribution in [0.25, 0.3) is 124 Å². The number of pyridine rings is 4. The van der Waals surface area contributed by atoms with Gasteiger partial charge in [-0.3, -0.25) is 38.7 Å². The van der Waals surface area contributed by atoms with Gasteiger partial charge in [0.05, 0.1) is 61.2 Å². The SMILES string of the molecule is C=Cc1ccc(C(=O)Cl)cc1.C=Cc1ccc(C(=O)Cl)cc1.C=Cc1ccc(C(=O)Cl)cc1.C=Cc1ccc(C(=O)Nc2c3ccccc3nc3ccccc23)cc1.C=Cc1ccc(C(=O)Nc2ccc(O)c3ncccc23)cc1.C=Cc1ccc(C(=O)Nc2ccc3[nH]c(=O)[nH]c3c2)cc1.Nc1c2ccccc2nc2ccccc12.Nc1ccc(O)c2ncccc12.Nc1ccc2[nH]c(=O)[nH]c2c1. The average Bonchev–Trinajstić information content (AvgIpc) is 1.16. The number of fused-ring (bicyclic) bond motifs is 8. The molecule has 0 unspecified atom stereocenters. The van der Waals surface area contributed by atoms with Crippen molar-refractivity contribution in [3.8, 4) is 11.5 Å². The molecule has 0 saturated heterocycles. The molecule has 688 valence electrons. The van der Waals surface area contributed by atoms with Crippen molar-refractivity contribution in [2.45, 2.75) is 0 Å². The number of aromatic amines is 4. The van der Waals surface area contributed by atoms with Crippen molar-refractivity contribution in [3.63, 3.8) is 0 Å². The summed E-state index contributed by atoms with van der Waals surface area (Å²) >= 11 is 15.7. The van der Waals surface area contributed by atoms with Gasteiger partial charge in [-0.15, -0.1) is 0 Å². The number of halogens is 3. The van der Waals surface area contributed by atoms with E-state index in [1.807, 2.05) is 140 Å². The first-order valence-electron chi connectivity index (χ1n) is 42.5. The van der Waals surface area contributed by atoms with Gasteiger partial charge in [0.25, 0.3) is 33.4 Å². The van der Waals surface area contributed by atoms with Crippen LogP contribution in [0.5, 0.6) is 11.5 Å². The topological polar surface area (TPSA) is 406 Å². The molecule has 20 rings (SSSR count). The Labute approximate surface area is 811 Å². The predicted octanol–water partition coefficient (Wildman–Crippen LogP) is 24.9. The number of phenolic OH excluding ortho intramolecular Hbond substituents is 2. The number of hydrogen-bond donors (Lipinski definition) is 12. The van der Waals surface area contributed by atoms with Gasteiger partial charge >= 0.3 is 11.4 Å². The molecule has 0 aliphatic heterocycles. The van der Waals surface area contributed by atoms with Crippen LogP contribution in [0.3, 0.4) is 0 Å². The first-order valence-corrected chi connectivity index (χ1v) is 43.6. The van der Waals surface area contributed by atoms with Gasteiger partial charge in [-0.2, -0.15) is 0 Å². The fraction of sp³-hybridized carbons (Fsp3) is 0. The van der Waals surface area contributed by atoms with Crippen LogP contribution >= 0.6 is 34.8 Å². The van der Waals surface area contributed by atoms with Crippen LogP contribution < -0.4 is 44.5 Å². The lowest BCUT2D eigenvalue weighted by Crippen LogP contribution is -2.12. The number of para-hydroxylation sites is 4. The highest BCUT2D eigenvalue weighted by Gasteiger charge is 2.17. The van der Waals surface area contributed by atoms with Crippen molar-refractivity contribution in [1.29, 1.82) is 0 Å². The van der Waals surface area contributed by atoms with Gasteiger partial charge in [0.15, 0.2) is 0 Å². The number of anilines is 6. The minimum atomic E-state index is -0.430. The first-order chi connectivity index (χ1) is 67.2. The van der Waals surface area contributed by atoms with Crippen molar-refractivity contribution < 1.29 is 39.0 Å². The van der Waals surface area contributed by atoms with E-state index in [2.05, 4.69) is 95.3 Å². The van der Waals surface area contributed by atoms with E-state index in [-0.39, 0.29) is 40.6 Å². The number of aromatic hydroxyl groups is 2. The Hall–Kier alpha value is -18.5. The summed E-state index contributed by atoms with van der Waals surface area (Å²) in [7, 11) is 0. The lowest BCUT2D eigenvalue weighted by molar-refractivity contribution is 0.101. The Balaban J connectivity index is 0.000000143. The summed E-state index contributed by atoms with van der Waals surface area (Å²) in [6.45, 7) is 21.9. The van der Waals surface area contributed by atoms with Gasteiger partial charge in [-0.05, 0) is 250 Å². The lowest BCUT2D eigenvalue weighted by atomic mass is 10.1. The van der Waals surface area contributed by atoms with Crippen LogP contribution in [0.4, 0.5) is 34.1 Å². The van der Waals surface area contributed by atoms with E-state index in [9.17, 15) is 48.6 Å². The Morgan fingerprint density at radius 2 is 0.619 bits per heavy atom. The van der Waals surface area contributed by atoms with Gasteiger partial charge in [0, 0.05) is 95.2 Å². The monoisotopic (exact) mass is 1890 g/mol. The number of nitrogens with one attached hydrogen (secondary N) is 7. The maximum Gasteiger partial charge on any atom is 0.323 e. The number of hydrogen-bond acceptors (Lipinski definition) is 17. The molecule has 6 heterocycles. The van der Waals surface area contributed by atoms with Crippen LogP contribution in [0.2, 0.25) is 0 Å². The highest BCUT2D eigenvalue weighted by Crippen LogP contribution is 2.34. The highest BCUT2D eigenvalue weighted by molar-refractivity contribution is 6.68. The molecule has 0 atom stereocenters. The van der Waals surface area contributed by atoms with E-state index >= 15 is 0 Å². The number of carbonyl (C=O) groups excluding carboxylic acids is 6. The maximum absolute atomic E-state index is 12.7. The average molecular weight is 1900 g/mol. The molecule has 6 aromatic heterocycles. The molecule has 0 fully saturated rings. The van der Waals surface area contributed by atoms with E-state index in [4.69, 9.17) is 52.0 Å². The number of nitrogens with two attached hydrogens (primary N) is 3. The van der Waals surface area contributed by atoms with E-state index in [1.54, 1.807) is 231 Å². The number of benzene rings is 14. The van der Waals surface area contributed by atoms with E-state index in [1.165, 1.54) is 6.07 Å². The molecule has 27 heteroatoms. The summed E-state index contributed by atoms with van der Waals surface area (Å²) in [6, 6.07) is 98.0. The summed E-state index contributed by atoms with van der Waals surface area (Å²) in [5.74, 6) is -0.310. The number of imidazole rings is 2. The Bertz CT molecular complexity index is 7770. The molecule has 0 spiro atoms. The molecular formula is C112H89Cl3N14O10. The van der Waals surface area contributed by atoms with Crippen LogP contribution in [-0.2, 0) is 0 Å². The molecule has 24 nitrogen and oxygen atoms in total. The number of rotatable bonds is 15. The molecule has 0 bridgehead atoms. The summed E-state index contributed by atoms with van der Waals surface area (Å²) in [4.78, 5) is 119. The predicted molar refractivity (Wildman–Crippen MR) is 570 cm³/mol. The largest absolute Gasteiger partial charge is 0.506 e. The summed E-state index contributed by atoms with van der Waals surface area (Å²) in [5, 5.41) is 32.0. The van der Waals surface area contributed by atoms with Gasteiger partial charge in [-0.25, -0.2) is 19.6 Å². The Morgan fingerprint density at radius 3 is 1.00 bits per heavy atom. The fourth-order valence-corrected chi connectivity index (χ4v) is 14.0. The number of phenols is 2. The highest BCUT2D eigenvalue weighted by atomic mass is 35.5. The van der Waals surface area contributed by atoms with Crippen LogP contribution in [0.15, 0.2) is 389 Å². The van der Waals surface area contributed by atoms with Gasteiger partial charge in [0.1, 0.15) is 22.5 Å². The zero-order valence-electron chi connectivity index (χ0n) is 74.4. The molecular weight excluding hydrogens is 1810 g/mol. The molecule has 15 N–H and O–H groups in total. The number of nitrogens with zero attached hydrogens (tertiary/aromatic N) is 4. The third-order valence-electron chi connectivity index (χ3n) is 20.9. The number of nitrogen functional groups attached to an aromatic ring is 3. The standard InChI is InChI=1S/C22H16N2O.C18H14N2O2.C16H13N3O2.C13H10N2.3C9H7ClO.C9H8N2O.C7H7N3O/c1-2-15-11-13-16(14-12-15)22(25)24-21-17-7-3-5-9-19(17)23-20-10-6-4-8-18(20)21;1-2-12-5-7-13(8-6-12)18(22)20-15-9-10-16(21)17-14(15)4-3-11-19-17;1-2-10-3-5-11(6-4-10)15(20)17-12-7-8-13-14(9-12)19-16(21)18-13;14-13-9-5-1-3-7-11(9)15-12-8-4-2-6-10(12)13;3*1-2-7-3-5-8(6-4-7)9(10)11;10-7-3-4-8(12)9-6(7)2-1-5-11-9;8-4-1-2-5-6(3-4)10-7(11)9-5/h2-14H,1H2,(H,23,24,25);2-11,21H,1H2,(H,20,22);2-9H,1H2,(H,17,20)(H2,18,19,21);1-8H,(H2,14,15);3*2-6H,1H2;1-5,12H,10H2;1-3H,8H2,(H2,9,10,11). The molecule has 0 aliphatic carbocycles. The molecule has 14 aromatic carbocycles. The second-order valence-corrected chi connectivity index (χ2v) is 31.1. The third-order valence-corrected chi connectivity index (χ3v) is 21.5. The number of carbonyl (C=O) groups is 6. The minimum absolute atomic E-state index is 0.0870. The second-order valence-electron chi connectivity index (χ2n) is 30.1. The van der Waals surface area contributed by atoms with Crippen molar-refractivity contribution in [2.24, 2.45) is 0 Å². The maximum atomic E-state index is 12.7. The van der Waals surface area contributed by atoms with Crippen molar-refractivity contribution >= 4 is 226 Å². The number of H-pyrrole nitrogens is 4. The van der Waals surface area contributed by atoms with Crippen molar-refractivity contribution in [1.82, 2.24) is 39.9 Å². The van der Waals surface area contributed by atoms with Crippen molar-refractivity contribution in [3.05, 3.63) is 467 Å². The molecule has 0 aliphatic rings. The van der Waals surface area contributed by atoms with E-state index < -0.39 is 15.7 Å². The quantitative estimate of drug-likeness (QED) is 0.0196. The summed E-state index contributed by atoms with van der Waals surface area (Å²) in [6.07, 6.45) is 13.6. The van der Waals surface area contributed by atoms with Gasteiger partial charge in [-0.1, -0.05) is 222 Å². The molecule has 139 heavy (non-hydrogen) atoms. The van der Waals surface area contributed by atoms with E-state index in [0.29, 0.717) is 83.6 Å². The first kappa shape index (κ1) is 99.5. The van der Waals surface area contributed by atoms with Crippen LogP contribution in [-0.4, -0.2) is 83.5 Å². The van der Waals surface area contributed by atoms with E-state index in [0.717, 1.165) is 105 Å². The smallest absolute Gasteiger partial charge is 0.323 e. The zero-order valence-corrected chi connectivity index (χ0v) is 76.6. The van der Waals surface area contributed by atoms with Crippen molar-refractivity contribution in [2.75, 3.05) is 33.2 Å². The lowest BCUT2D eigenvalue weighted by Gasteiger charge is -2.12. The zero-order chi connectivity index (χ0) is 99.0.